The van der Waals surface area contributed by atoms with Gasteiger partial charge in [0.25, 0.3) is 0 Å². The predicted molar refractivity (Wildman–Crippen MR) is 85.3 cm³/mol. The number of hydrogen-bond donors (Lipinski definition) is 3. The first-order valence-electron chi connectivity index (χ1n) is 9.04. The summed E-state index contributed by atoms with van der Waals surface area (Å²) in [5.41, 5.74) is 0.818. The van der Waals surface area contributed by atoms with E-state index in [0.29, 0.717) is 5.92 Å². The molecule has 4 rings (SSSR count). The van der Waals surface area contributed by atoms with Crippen LogP contribution in [0.5, 0.6) is 0 Å². The summed E-state index contributed by atoms with van der Waals surface area (Å²) in [6.07, 6.45) is 6.95. The molecule has 6 atom stereocenters. The van der Waals surface area contributed by atoms with Gasteiger partial charge in [0.1, 0.15) is 5.78 Å². The van der Waals surface area contributed by atoms with E-state index >= 15 is 0 Å². The van der Waals surface area contributed by atoms with Crippen molar-refractivity contribution in [3.63, 3.8) is 0 Å². The Labute approximate surface area is 137 Å². The van der Waals surface area contributed by atoms with Gasteiger partial charge in [-0.1, -0.05) is 25.5 Å². The molecule has 23 heavy (non-hydrogen) atoms. The van der Waals surface area contributed by atoms with Crippen molar-refractivity contribution in [1.29, 1.82) is 0 Å². The minimum absolute atomic E-state index is 0.0185. The molecule has 0 aromatic heterocycles. The molecule has 4 heteroatoms. The third-order valence-electron chi connectivity index (χ3n) is 7.80. The van der Waals surface area contributed by atoms with E-state index in [0.717, 1.165) is 38.5 Å². The monoisotopic (exact) mass is 320 g/mol. The van der Waals surface area contributed by atoms with E-state index in [4.69, 9.17) is 0 Å². The highest BCUT2D eigenvalue weighted by Gasteiger charge is 2.66. The lowest BCUT2D eigenvalue weighted by atomic mass is 9.47. The largest absolute Gasteiger partial charge is 0.393 e. The number of aliphatic hydroxyl groups is 3. The highest BCUT2D eigenvalue weighted by atomic mass is 16.5. The van der Waals surface area contributed by atoms with Gasteiger partial charge < -0.3 is 15.3 Å². The first-order valence-corrected chi connectivity index (χ1v) is 9.04. The molecule has 0 heterocycles. The van der Waals surface area contributed by atoms with Crippen LogP contribution in [0.4, 0.5) is 0 Å². The second kappa shape index (κ2) is 4.68. The maximum absolute atomic E-state index is 12.5. The molecule has 0 amide bonds. The summed E-state index contributed by atoms with van der Waals surface area (Å²) in [5.74, 6) is -1.66. The SMILES string of the molecule is C[C@]12CC[C@H](O)CC1=CC[C@H]1[C@@H]3C(O)(O)CC(=O)[C@@]3(C)CC[C@@H]12. The zero-order chi connectivity index (χ0) is 16.6. The number of ketones is 1. The van der Waals surface area contributed by atoms with Gasteiger partial charge in [-0.3, -0.25) is 4.79 Å². The average Bonchev–Trinajstić information content (AvgIpc) is 2.65. The molecule has 0 bridgehead atoms. The summed E-state index contributed by atoms with van der Waals surface area (Å²) in [7, 11) is 0. The molecular weight excluding hydrogens is 292 g/mol. The summed E-state index contributed by atoms with van der Waals surface area (Å²) in [4.78, 5) is 12.5. The van der Waals surface area contributed by atoms with Gasteiger partial charge in [0, 0.05) is 11.3 Å². The topological polar surface area (TPSA) is 77.8 Å². The van der Waals surface area contributed by atoms with Gasteiger partial charge in [-0.2, -0.15) is 0 Å². The third-order valence-corrected chi connectivity index (χ3v) is 7.80. The molecule has 0 aromatic rings. The van der Waals surface area contributed by atoms with Gasteiger partial charge in [-0.05, 0) is 55.8 Å². The molecule has 3 fully saturated rings. The quantitative estimate of drug-likeness (QED) is 0.472. The smallest absolute Gasteiger partial charge is 0.173 e. The number of carbonyl (C=O) groups is 1. The van der Waals surface area contributed by atoms with Gasteiger partial charge in [-0.15, -0.1) is 0 Å². The van der Waals surface area contributed by atoms with Crippen LogP contribution in [0, 0.1) is 28.6 Å². The van der Waals surface area contributed by atoms with E-state index in [1.165, 1.54) is 5.57 Å². The zero-order valence-corrected chi connectivity index (χ0v) is 14.1. The van der Waals surface area contributed by atoms with E-state index in [2.05, 4.69) is 13.0 Å². The van der Waals surface area contributed by atoms with Gasteiger partial charge >= 0.3 is 0 Å². The molecule has 0 saturated heterocycles. The molecule has 128 valence electrons. The van der Waals surface area contributed by atoms with Gasteiger partial charge in [0.05, 0.1) is 12.5 Å². The second-order valence-electron chi connectivity index (χ2n) is 8.96. The fraction of sp³-hybridized carbons (Fsp3) is 0.842. The Balaban J connectivity index is 1.75. The van der Waals surface area contributed by atoms with E-state index in [-0.39, 0.29) is 35.6 Å². The average molecular weight is 320 g/mol. The molecular formula is C19H28O4. The number of carbonyl (C=O) groups excluding carboxylic acids is 1. The molecule has 0 aliphatic heterocycles. The summed E-state index contributed by atoms with van der Waals surface area (Å²) < 4.78 is 0. The van der Waals surface area contributed by atoms with Gasteiger partial charge in [-0.25, -0.2) is 0 Å². The number of Topliss-reactive ketones (excluding diaryl/α,β-unsaturated/α-hetero) is 1. The van der Waals surface area contributed by atoms with Gasteiger partial charge in [0.2, 0.25) is 0 Å². The fourth-order valence-electron chi connectivity index (χ4n) is 6.57. The minimum atomic E-state index is -1.86. The molecule has 0 spiro atoms. The Bertz CT molecular complexity index is 580. The fourth-order valence-corrected chi connectivity index (χ4v) is 6.57. The van der Waals surface area contributed by atoms with Crippen molar-refractivity contribution in [2.45, 2.75) is 70.7 Å². The molecule has 4 aliphatic rings. The lowest BCUT2D eigenvalue weighted by Gasteiger charge is -2.57. The Morgan fingerprint density at radius 3 is 2.57 bits per heavy atom. The summed E-state index contributed by atoms with van der Waals surface area (Å²) >= 11 is 0. The molecule has 4 nitrogen and oxygen atoms in total. The number of rotatable bonds is 0. The molecule has 0 unspecified atom stereocenters. The standard InChI is InChI=1S/C19H28O4/c1-17-7-5-12(20)9-11(17)3-4-13-14(17)6-8-18(2)15(21)10-19(22,23)16(13)18/h3,12-14,16,20,22-23H,4-10H2,1-2H3/t12-,13+,14-,16-,17-,18+/m0/s1. The van der Waals surface area contributed by atoms with E-state index in [9.17, 15) is 20.1 Å². The van der Waals surface area contributed by atoms with Crippen molar-refractivity contribution in [3.8, 4) is 0 Å². The highest BCUT2D eigenvalue weighted by molar-refractivity contribution is 5.88. The molecule has 0 radical (unpaired) electrons. The predicted octanol–water partition coefficient (Wildman–Crippen LogP) is 2.17. The Morgan fingerprint density at radius 2 is 1.83 bits per heavy atom. The maximum Gasteiger partial charge on any atom is 0.173 e. The Morgan fingerprint density at radius 1 is 1.13 bits per heavy atom. The highest BCUT2D eigenvalue weighted by Crippen LogP contribution is 2.65. The van der Waals surface area contributed by atoms with E-state index in [1.54, 1.807) is 0 Å². The summed E-state index contributed by atoms with van der Waals surface area (Å²) in [6.45, 7) is 4.23. The van der Waals surface area contributed by atoms with Crippen LogP contribution in [0.1, 0.15) is 58.8 Å². The van der Waals surface area contributed by atoms with Crippen LogP contribution in [0.15, 0.2) is 11.6 Å². The maximum atomic E-state index is 12.5. The van der Waals surface area contributed by atoms with Crippen LogP contribution in [0.3, 0.4) is 0 Å². The number of allylic oxidation sites excluding steroid dienone is 1. The normalized spacial score (nSPS) is 51.5. The van der Waals surface area contributed by atoms with Crippen molar-refractivity contribution in [1.82, 2.24) is 0 Å². The zero-order valence-electron chi connectivity index (χ0n) is 14.1. The van der Waals surface area contributed by atoms with Crippen molar-refractivity contribution in [2.75, 3.05) is 0 Å². The van der Waals surface area contributed by atoms with Crippen molar-refractivity contribution in [2.24, 2.45) is 28.6 Å². The summed E-state index contributed by atoms with van der Waals surface area (Å²) in [6, 6.07) is 0. The minimum Gasteiger partial charge on any atom is -0.393 e. The number of aliphatic hydroxyl groups excluding tert-OH is 1. The van der Waals surface area contributed by atoms with Crippen molar-refractivity contribution < 1.29 is 20.1 Å². The molecule has 0 aromatic carbocycles. The van der Waals surface area contributed by atoms with Crippen LogP contribution in [-0.4, -0.2) is 33.0 Å². The molecule has 3 saturated carbocycles. The van der Waals surface area contributed by atoms with Crippen LogP contribution in [0.25, 0.3) is 0 Å². The lowest BCUT2D eigenvalue weighted by Crippen LogP contribution is -2.55. The number of fused-ring (bicyclic) bond motifs is 5. The Hall–Kier alpha value is -0.710. The van der Waals surface area contributed by atoms with Crippen molar-refractivity contribution in [3.05, 3.63) is 11.6 Å². The van der Waals surface area contributed by atoms with Crippen LogP contribution in [-0.2, 0) is 4.79 Å². The van der Waals surface area contributed by atoms with Crippen LogP contribution >= 0.6 is 0 Å². The lowest BCUT2D eigenvalue weighted by molar-refractivity contribution is -0.229. The van der Waals surface area contributed by atoms with Crippen molar-refractivity contribution >= 4 is 5.78 Å². The Kier molecular flexibility index (Phi) is 3.21. The van der Waals surface area contributed by atoms with E-state index < -0.39 is 11.2 Å². The van der Waals surface area contributed by atoms with E-state index in [1.807, 2.05) is 6.92 Å². The van der Waals surface area contributed by atoms with Crippen LogP contribution < -0.4 is 0 Å². The number of hydrogen-bond acceptors (Lipinski definition) is 4. The van der Waals surface area contributed by atoms with Gasteiger partial charge in [0.15, 0.2) is 5.79 Å². The molecule has 3 N–H and O–H groups in total. The second-order valence-corrected chi connectivity index (χ2v) is 8.96. The first-order chi connectivity index (χ1) is 10.7. The summed E-state index contributed by atoms with van der Waals surface area (Å²) in [5, 5.41) is 31.1. The third kappa shape index (κ3) is 1.98. The van der Waals surface area contributed by atoms with Crippen LogP contribution in [0.2, 0.25) is 0 Å². The first kappa shape index (κ1) is 15.8. The molecule has 4 aliphatic carbocycles.